The molecule has 1 aromatic rings. The molecular weight excluding hydrogens is 292 g/mol. The Morgan fingerprint density at radius 1 is 1.38 bits per heavy atom. The Morgan fingerprint density at radius 2 is 2.05 bits per heavy atom. The fraction of sp³-hybridized carbons (Fsp3) is 0.500. The van der Waals surface area contributed by atoms with E-state index in [4.69, 9.17) is 5.11 Å². The van der Waals surface area contributed by atoms with Crippen molar-refractivity contribution in [2.24, 2.45) is 5.92 Å². The molecule has 7 heteroatoms. The van der Waals surface area contributed by atoms with Crippen LogP contribution in [-0.4, -0.2) is 51.1 Å². The van der Waals surface area contributed by atoms with Crippen LogP contribution in [0, 0.1) is 5.92 Å². The molecule has 1 heterocycles. The molecule has 1 unspecified atom stereocenters. The van der Waals surface area contributed by atoms with E-state index in [1.165, 1.54) is 24.3 Å². The molecule has 6 nitrogen and oxygen atoms in total. The number of nitrogens with zero attached hydrogens (tertiary/aromatic N) is 1. The van der Waals surface area contributed by atoms with Gasteiger partial charge < -0.3 is 10.0 Å². The maximum absolute atomic E-state index is 12.0. The molecule has 1 aromatic carbocycles. The van der Waals surface area contributed by atoms with Crippen molar-refractivity contribution in [1.29, 1.82) is 0 Å². The second kappa shape index (κ2) is 6.55. The molecule has 1 aliphatic rings. The van der Waals surface area contributed by atoms with Crippen LogP contribution in [0.1, 0.15) is 22.3 Å². The van der Waals surface area contributed by atoms with E-state index in [2.05, 4.69) is 9.62 Å². The first-order valence-corrected chi connectivity index (χ1v) is 8.49. The highest BCUT2D eigenvalue weighted by molar-refractivity contribution is 7.88. The van der Waals surface area contributed by atoms with Crippen LogP contribution >= 0.6 is 0 Å². The number of sulfonamides is 1. The van der Waals surface area contributed by atoms with Gasteiger partial charge >= 0.3 is 5.97 Å². The molecule has 1 fully saturated rings. The standard InChI is InChI=1S/C14H20N2O4S/c1-16-7-6-12(9-16)8-15-21(19,20)10-11-2-4-13(5-3-11)14(17)18/h2-5,12,15H,6-10H2,1H3,(H,17,18). The average molecular weight is 312 g/mol. The van der Waals surface area contributed by atoms with E-state index < -0.39 is 16.0 Å². The zero-order valence-corrected chi connectivity index (χ0v) is 12.8. The Labute approximate surface area is 124 Å². The van der Waals surface area contributed by atoms with Crippen molar-refractivity contribution < 1.29 is 18.3 Å². The molecule has 2 rings (SSSR count). The molecule has 0 radical (unpaired) electrons. The molecule has 21 heavy (non-hydrogen) atoms. The first-order valence-electron chi connectivity index (χ1n) is 6.84. The maximum atomic E-state index is 12.0. The predicted octanol–water partition coefficient (Wildman–Crippen LogP) is 0.756. The Hall–Kier alpha value is -1.44. The van der Waals surface area contributed by atoms with Gasteiger partial charge in [0.1, 0.15) is 0 Å². The molecule has 0 aliphatic carbocycles. The van der Waals surface area contributed by atoms with Crippen molar-refractivity contribution in [1.82, 2.24) is 9.62 Å². The smallest absolute Gasteiger partial charge is 0.335 e. The number of carboxylic acids is 1. The summed E-state index contributed by atoms with van der Waals surface area (Å²) in [4.78, 5) is 12.9. The average Bonchev–Trinajstić information content (AvgIpc) is 2.83. The second-order valence-corrected chi connectivity index (χ2v) is 7.33. The minimum atomic E-state index is -3.39. The van der Waals surface area contributed by atoms with E-state index in [9.17, 15) is 13.2 Å². The summed E-state index contributed by atoms with van der Waals surface area (Å²) in [5.74, 6) is -0.790. The van der Waals surface area contributed by atoms with Gasteiger partial charge in [0.25, 0.3) is 0 Å². The lowest BCUT2D eigenvalue weighted by atomic mass is 10.1. The van der Waals surface area contributed by atoms with E-state index in [1.807, 2.05) is 7.05 Å². The third-order valence-electron chi connectivity index (χ3n) is 3.64. The highest BCUT2D eigenvalue weighted by Crippen LogP contribution is 2.14. The first-order chi connectivity index (χ1) is 9.85. The molecule has 1 aliphatic heterocycles. The zero-order valence-electron chi connectivity index (χ0n) is 11.9. The van der Waals surface area contributed by atoms with Gasteiger partial charge in [-0.15, -0.1) is 0 Å². The molecule has 1 saturated heterocycles. The molecule has 0 saturated carbocycles. The number of aromatic carboxylic acids is 1. The van der Waals surface area contributed by atoms with Crippen LogP contribution in [0.15, 0.2) is 24.3 Å². The first kappa shape index (κ1) is 15.9. The number of carbonyl (C=O) groups is 1. The van der Waals surface area contributed by atoms with Gasteiger partial charge in [0.2, 0.25) is 10.0 Å². The number of benzene rings is 1. The van der Waals surface area contributed by atoms with Gasteiger partial charge in [-0.3, -0.25) is 0 Å². The van der Waals surface area contributed by atoms with E-state index in [1.54, 1.807) is 0 Å². The lowest BCUT2D eigenvalue weighted by Crippen LogP contribution is -2.31. The van der Waals surface area contributed by atoms with Gasteiger partial charge in [-0.25, -0.2) is 17.9 Å². The summed E-state index contributed by atoms with van der Waals surface area (Å²) in [6.07, 6.45) is 1.01. The summed E-state index contributed by atoms with van der Waals surface area (Å²) < 4.78 is 26.7. The minimum absolute atomic E-state index is 0.130. The van der Waals surface area contributed by atoms with E-state index in [0.29, 0.717) is 18.0 Å². The van der Waals surface area contributed by atoms with Gasteiger partial charge in [-0.1, -0.05) is 12.1 Å². The summed E-state index contributed by atoms with van der Waals surface area (Å²) in [5.41, 5.74) is 0.731. The fourth-order valence-electron chi connectivity index (χ4n) is 2.45. The van der Waals surface area contributed by atoms with Gasteiger partial charge in [0.05, 0.1) is 11.3 Å². The van der Waals surface area contributed by atoms with Gasteiger partial charge in [-0.05, 0) is 43.6 Å². The van der Waals surface area contributed by atoms with Crippen LogP contribution in [0.2, 0.25) is 0 Å². The highest BCUT2D eigenvalue weighted by Gasteiger charge is 2.21. The number of rotatable bonds is 6. The molecule has 0 aromatic heterocycles. The summed E-state index contributed by atoms with van der Waals surface area (Å²) in [6, 6.07) is 5.90. The minimum Gasteiger partial charge on any atom is -0.478 e. The Morgan fingerprint density at radius 3 is 2.57 bits per heavy atom. The van der Waals surface area contributed by atoms with Crippen molar-refractivity contribution in [2.75, 3.05) is 26.7 Å². The van der Waals surface area contributed by atoms with Crippen molar-refractivity contribution in [2.45, 2.75) is 12.2 Å². The number of carboxylic acid groups (broad SMARTS) is 1. The Kier molecular flexibility index (Phi) is 4.97. The second-order valence-electron chi connectivity index (χ2n) is 5.53. The van der Waals surface area contributed by atoms with Crippen LogP contribution in [-0.2, 0) is 15.8 Å². The third-order valence-corrected chi connectivity index (χ3v) is 4.96. The number of hydrogen-bond acceptors (Lipinski definition) is 4. The molecule has 0 spiro atoms. The maximum Gasteiger partial charge on any atom is 0.335 e. The summed E-state index contributed by atoms with van der Waals surface area (Å²) in [7, 11) is -1.36. The summed E-state index contributed by atoms with van der Waals surface area (Å²) in [5, 5.41) is 8.80. The van der Waals surface area contributed by atoms with Crippen molar-refractivity contribution >= 4 is 16.0 Å². The van der Waals surface area contributed by atoms with Crippen LogP contribution in [0.3, 0.4) is 0 Å². The Bertz CT molecular complexity index is 598. The quantitative estimate of drug-likeness (QED) is 0.810. The lowest BCUT2D eigenvalue weighted by Gasteiger charge is -2.12. The van der Waals surface area contributed by atoms with Crippen LogP contribution in [0.5, 0.6) is 0 Å². The van der Waals surface area contributed by atoms with Crippen LogP contribution in [0.4, 0.5) is 0 Å². The predicted molar refractivity (Wildman–Crippen MR) is 79.6 cm³/mol. The SMILES string of the molecule is CN1CCC(CNS(=O)(=O)Cc2ccc(C(=O)O)cc2)C1. The van der Waals surface area contributed by atoms with E-state index in [-0.39, 0.29) is 11.3 Å². The summed E-state index contributed by atoms with van der Waals surface area (Å²) in [6.45, 7) is 2.37. The molecule has 116 valence electrons. The molecular formula is C14H20N2O4S. The normalized spacial score (nSPS) is 19.8. The zero-order chi connectivity index (χ0) is 15.5. The van der Waals surface area contributed by atoms with Gasteiger partial charge in [0.15, 0.2) is 0 Å². The molecule has 0 amide bonds. The molecule has 0 bridgehead atoms. The van der Waals surface area contributed by atoms with E-state index >= 15 is 0 Å². The van der Waals surface area contributed by atoms with Gasteiger partial charge in [0, 0.05) is 13.1 Å². The largest absolute Gasteiger partial charge is 0.478 e. The number of likely N-dealkylation sites (tertiary alicyclic amines) is 1. The van der Waals surface area contributed by atoms with Crippen molar-refractivity contribution in [3.63, 3.8) is 0 Å². The third kappa shape index (κ3) is 4.80. The van der Waals surface area contributed by atoms with Crippen LogP contribution in [0.25, 0.3) is 0 Å². The highest BCUT2D eigenvalue weighted by atomic mass is 32.2. The topological polar surface area (TPSA) is 86.7 Å². The Balaban J connectivity index is 1.89. The van der Waals surface area contributed by atoms with E-state index in [0.717, 1.165) is 19.5 Å². The monoisotopic (exact) mass is 312 g/mol. The van der Waals surface area contributed by atoms with Crippen LogP contribution < -0.4 is 4.72 Å². The summed E-state index contributed by atoms with van der Waals surface area (Å²) >= 11 is 0. The molecule has 1 atom stereocenters. The van der Waals surface area contributed by atoms with Crippen molar-refractivity contribution in [3.8, 4) is 0 Å². The number of nitrogens with one attached hydrogen (secondary N) is 1. The number of hydrogen-bond donors (Lipinski definition) is 2. The fourth-order valence-corrected chi connectivity index (χ4v) is 3.67. The van der Waals surface area contributed by atoms with Gasteiger partial charge in [-0.2, -0.15) is 0 Å². The lowest BCUT2D eigenvalue weighted by molar-refractivity contribution is 0.0697. The van der Waals surface area contributed by atoms with Crippen molar-refractivity contribution in [3.05, 3.63) is 35.4 Å². The molecule has 2 N–H and O–H groups in total.